The first-order valence-electron chi connectivity index (χ1n) is 9.41. The first kappa shape index (κ1) is 18.1. The van der Waals surface area contributed by atoms with Crippen molar-refractivity contribution in [3.8, 4) is 5.75 Å². The second-order valence-electron chi connectivity index (χ2n) is 6.81. The van der Waals surface area contributed by atoms with E-state index in [-0.39, 0.29) is 5.97 Å². The molecule has 0 amide bonds. The van der Waals surface area contributed by atoms with E-state index in [9.17, 15) is 4.79 Å². The van der Waals surface area contributed by atoms with Crippen molar-refractivity contribution in [2.45, 2.75) is 18.9 Å². The van der Waals surface area contributed by atoms with Gasteiger partial charge in [0, 0.05) is 17.6 Å². The summed E-state index contributed by atoms with van der Waals surface area (Å²) in [6.07, 6.45) is 2.76. The van der Waals surface area contributed by atoms with Crippen LogP contribution in [0.3, 0.4) is 0 Å². The molecule has 140 valence electrons. The predicted octanol–water partition coefficient (Wildman–Crippen LogP) is 5.05. The van der Waals surface area contributed by atoms with Crippen LogP contribution in [-0.2, 0) is 22.4 Å². The lowest BCUT2D eigenvalue weighted by atomic mass is 9.90. The average molecular weight is 370 g/mol. The van der Waals surface area contributed by atoms with Crippen LogP contribution in [0.25, 0.3) is 0 Å². The molecule has 1 aliphatic rings. The second kappa shape index (κ2) is 8.13. The minimum Gasteiger partial charge on any atom is -0.496 e. The molecule has 3 nitrogen and oxygen atoms in total. The molecule has 0 heterocycles. The van der Waals surface area contributed by atoms with Gasteiger partial charge < -0.3 is 9.47 Å². The maximum atomic E-state index is 13.0. The molecule has 0 spiro atoms. The van der Waals surface area contributed by atoms with Gasteiger partial charge in [0.15, 0.2) is 6.10 Å². The molecule has 4 rings (SSSR count). The fourth-order valence-corrected chi connectivity index (χ4v) is 3.61. The smallest absolute Gasteiger partial charge is 0.334 e. The van der Waals surface area contributed by atoms with Gasteiger partial charge in [0.1, 0.15) is 5.75 Å². The van der Waals surface area contributed by atoms with Gasteiger partial charge in [-0.2, -0.15) is 0 Å². The van der Waals surface area contributed by atoms with Crippen LogP contribution in [0.4, 0.5) is 0 Å². The monoisotopic (exact) mass is 370 g/mol. The lowest BCUT2D eigenvalue weighted by molar-refractivity contribution is -0.143. The Morgan fingerprint density at radius 2 is 1.50 bits per heavy atom. The quantitative estimate of drug-likeness (QED) is 0.590. The predicted molar refractivity (Wildman–Crippen MR) is 109 cm³/mol. The first-order chi connectivity index (χ1) is 13.8. The Kier molecular flexibility index (Phi) is 5.24. The van der Waals surface area contributed by atoms with Crippen molar-refractivity contribution in [1.29, 1.82) is 0 Å². The van der Waals surface area contributed by atoms with Gasteiger partial charge in [0.05, 0.1) is 7.11 Å². The normalized spacial score (nSPS) is 12.9. The number of allylic oxidation sites excluding steroid dienone is 1. The highest BCUT2D eigenvalue weighted by Crippen LogP contribution is 2.32. The molecule has 0 aromatic heterocycles. The Morgan fingerprint density at radius 3 is 2.11 bits per heavy atom. The number of benzene rings is 3. The van der Waals surface area contributed by atoms with Crippen molar-refractivity contribution < 1.29 is 14.3 Å². The molecule has 3 heteroatoms. The zero-order chi connectivity index (χ0) is 19.3. The van der Waals surface area contributed by atoms with Gasteiger partial charge in [0.25, 0.3) is 0 Å². The van der Waals surface area contributed by atoms with Gasteiger partial charge >= 0.3 is 5.97 Å². The maximum absolute atomic E-state index is 13.0. The Hall–Kier alpha value is -3.33. The summed E-state index contributed by atoms with van der Waals surface area (Å²) in [5.74, 6) is 0.535. The number of fused-ring (bicyclic) bond motifs is 1. The minimum atomic E-state index is -0.435. The van der Waals surface area contributed by atoms with Crippen molar-refractivity contribution >= 4 is 5.97 Å². The number of carbonyl (C=O) groups is 1. The van der Waals surface area contributed by atoms with Gasteiger partial charge in [0.2, 0.25) is 0 Å². The van der Waals surface area contributed by atoms with Gasteiger partial charge in [-0.3, -0.25) is 0 Å². The van der Waals surface area contributed by atoms with Crippen molar-refractivity contribution in [3.63, 3.8) is 0 Å². The molecule has 0 N–H and O–H groups in total. The SMILES string of the molecule is COc1cccc2c1CC(C(=O)OC(c1ccccc1)c1ccccc1)=CC2. The van der Waals surface area contributed by atoms with E-state index in [1.54, 1.807) is 7.11 Å². The average Bonchev–Trinajstić information content (AvgIpc) is 2.77. The number of carbonyl (C=O) groups excluding carboxylic acids is 1. The molecule has 0 saturated heterocycles. The molecule has 0 fully saturated rings. The minimum absolute atomic E-state index is 0.283. The molecule has 0 unspecified atom stereocenters. The molecule has 0 bridgehead atoms. The Bertz CT molecular complexity index is 951. The number of rotatable bonds is 5. The van der Waals surface area contributed by atoms with Crippen LogP contribution < -0.4 is 4.74 Å². The van der Waals surface area contributed by atoms with Gasteiger partial charge in [-0.25, -0.2) is 4.79 Å². The van der Waals surface area contributed by atoms with Crippen LogP contribution in [0.2, 0.25) is 0 Å². The van der Waals surface area contributed by atoms with E-state index in [0.717, 1.165) is 22.4 Å². The van der Waals surface area contributed by atoms with Crippen LogP contribution in [-0.4, -0.2) is 13.1 Å². The molecule has 1 aliphatic carbocycles. The fourth-order valence-electron chi connectivity index (χ4n) is 3.61. The number of hydrogen-bond donors (Lipinski definition) is 0. The molecule has 0 aliphatic heterocycles. The summed E-state index contributed by atoms with van der Waals surface area (Å²) in [5, 5.41) is 0. The molecular formula is C25H22O3. The third-order valence-corrected chi connectivity index (χ3v) is 5.08. The Labute approximate surface area is 165 Å². The van der Waals surface area contributed by atoms with Crippen LogP contribution in [0.15, 0.2) is 90.5 Å². The molecule has 28 heavy (non-hydrogen) atoms. The molecule has 3 aromatic carbocycles. The zero-order valence-corrected chi connectivity index (χ0v) is 15.8. The van der Waals surface area contributed by atoms with Crippen LogP contribution in [0.5, 0.6) is 5.75 Å². The summed E-state index contributed by atoms with van der Waals surface area (Å²) in [7, 11) is 1.66. The lowest BCUT2D eigenvalue weighted by Gasteiger charge is -2.22. The molecule has 0 saturated carbocycles. The first-order valence-corrected chi connectivity index (χ1v) is 9.41. The number of methoxy groups -OCH3 is 1. The largest absolute Gasteiger partial charge is 0.496 e. The van der Waals surface area contributed by atoms with Gasteiger partial charge in [-0.15, -0.1) is 0 Å². The summed E-state index contributed by atoms with van der Waals surface area (Å²) >= 11 is 0. The summed E-state index contributed by atoms with van der Waals surface area (Å²) in [6.45, 7) is 0. The topological polar surface area (TPSA) is 35.5 Å². The second-order valence-corrected chi connectivity index (χ2v) is 6.81. The third-order valence-electron chi connectivity index (χ3n) is 5.08. The lowest BCUT2D eigenvalue weighted by Crippen LogP contribution is -2.18. The van der Waals surface area contributed by atoms with Gasteiger partial charge in [-0.05, 0) is 29.2 Å². The highest BCUT2D eigenvalue weighted by molar-refractivity contribution is 5.90. The maximum Gasteiger partial charge on any atom is 0.334 e. The Morgan fingerprint density at radius 1 is 0.857 bits per heavy atom. The molecule has 0 radical (unpaired) electrons. The van der Waals surface area contributed by atoms with Crippen LogP contribution in [0, 0.1) is 0 Å². The highest BCUT2D eigenvalue weighted by atomic mass is 16.5. The third kappa shape index (κ3) is 3.70. The Balaban J connectivity index is 1.60. The fraction of sp³-hybridized carbons (Fsp3) is 0.160. The number of hydrogen-bond acceptors (Lipinski definition) is 3. The van der Waals surface area contributed by atoms with Gasteiger partial charge in [-0.1, -0.05) is 78.9 Å². The zero-order valence-electron chi connectivity index (χ0n) is 15.8. The standard InChI is InChI=1S/C25H22O3/c1-27-23-14-8-13-18-15-16-21(17-22(18)23)25(26)28-24(19-9-4-2-5-10-19)20-11-6-3-7-12-20/h2-14,16,24H,15,17H2,1H3. The summed E-state index contributed by atoms with van der Waals surface area (Å²) < 4.78 is 11.5. The van der Waals surface area contributed by atoms with Crippen molar-refractivity contribution in [1.82, 2.24) is 0 Å². The molecule has 3 aromatic rings. The van der Waals surface area contributed by atoms with E-state index in [1.807, 2.05) is 78.9 Å². The van der Waals surface area contributed by atoms with E-state index < -0.39 is 6.10 Å². The van der Waals surface area contributed by atoms with E-state index in [2.05, 4.69) is 6.07 Å². The van der Waals surface area contributed by atoms with Crippen LogP contribution in [0.1, 0.15) is 28.4 Å². The van der Waals surface area contributed by atoms with E-state index in [0.29, 0.717) is 18.4 Å². The highest BCUT2D eigenvalue weighted by Gasteiger charge is 2.24. The summed E-state index contributed by atoms with van der Waals surface area (Å²) in [6, 6.07) is 25.7. The van der Waals surface area contributed by atoms with E-state index in [4.69, 9.17) is 9.47 Å². The van der Waals surface area contributed by atoms with Crippen molar-refractivity contribution in [2.75, 3.05) is 7.11 Å². The van der Waals surface area contributed by atoms with E-state index in [1.165, 1.54) is 5.56 Å². The van der Waals surface area contributed by atoms with Crippen molar-refractivity contribution in [2.24, 2.45) is 0 Å². The van der Waals surface area contributed by atoms with E-state index >= 15 is 0 Å². The number of ether oxygens (including phenoxy) is 2. The molecular weight excluding hydrogens is 348 g/mol. The van der Waals surface area contributed by atoms with Crippen molar-refractivity contribution in [3.05, 3.63) is 113 Å². The number of esters is 1. The van der Waals surface area contributed by atoms with Crippen LogP contribution >= 0.6 is 0 Å². The summed E-state index contributed by atoms with van der Waals surface area (Å²) in [4.78, 5) is 13.0. The molecule has 0 atom stereocenters. The summed E-state index contributed by atoms with van der Waals surface area (Å²) in [5.41, 5.74) is 4.84.